The van der Waals surface area contributed by atoms with E-state index in [1.807, 2.05) is 49.5 Å². The molecule has 7 heteroatoms. The van der Waals surface area contributed by atoms with E-state index in [4.69, 9.17) is 4.74 Å². The van der Waals surface area contributed by atoms with Crippen molar-refractivity contribution in [3.05, 3.63) is 66.0 Å². The van der Waals surface area contributed by atoms with Crippen LogP contribution in [0.1, 0.15) is 17.2 Å². The van der Waals surface area contributed by atoms with Gasteiger partial charge in [0.05, 0.1) is 6.61 Å². The Morgan fingerprint density at radius 2 is 1.67 bits per heavy atom. The molecule has 158 valence electrons. The highest BCUT2D eigenvalue weighted by atomic mass is 16.6. The second kappa shape index (κ2) is 8.39. The molecule has 1 fully saturated rings. The van der Waals surface area contributed by atoms with Crippen LogP contribution in [-0.4, -0.2) is 67.6 Å². The third-order valence-electron chi connectivity index (χ3n) is 5.80. The lowest BCUT2D eigenvalue weighted by Gasteiger charge is -2.42. The molecule has 2 aromatic carbocycles. The zero-order valence-corrected chi connectivity index (χ0v) is 16.5. The van der Waals surface area contributed by atoms with E-state index >= 15 is 0 Å². The van der Waals surface area contributed by atoms with Crippen molar-refractivity contribution in [3.63, 3.8) is 0 Å². The summed E-state index contributed by atoms with van der Waals surface area (Å²) in [7, 11) is 0. The number of rotatable bonds is 4. The van der Waals surface area contributed by atoms with Crippen molar-refractivity contribution in [2.24, 2.45) is 0 Å². The summed E-state index contributed by atoms with van der Waals surface area (Å²) in [6, 6.07) is 13.6. The fourth-order valence-corrected chi connectivity index (χ4v) is 4.02. The number of aliphatic hydroxyl groups is 5. The molecule has 0 bridgehead atoms. The van der Waals surface area contributed by atoms with Crippen LogP contribution in [0.2, 0.25) is 0 Å². The van der Waals surface area contributed by atoms with Gasteiger partial charge in [-0.2, -0.15) is 0 Å². The monoisotopic (exact) mass is 411 g/mol. The summed E-state index contributed by atoms with van der Waals surface area (Å²) < 4.78 is 5.50. The van der Waals surface area contributed by atoms with E-state index in [0.29, 0.717) is 5.56 Å². The van der Waals surface area contributed by atoms with Crippen molar-refractivity contribution in [2.45, 2.75) is 43.5 Å². The van der Waals surface area contributed by atoms with Gasteiger partial charge in [-0.1, -0.05) is 30.3 Å². The molecule has 0 amide bonds. The zero-order valence-electron chi connectivity index (χ0n) is 16.5. The maximum Gasteiger partial charge on any atom is 0.117 e. The predicted molar refractivity (Wildman–Crippen MR) is 111 cm³/mol. The Morgan fingerprint density at radius 3 is 2.40 bits per heavy atom. The molecule has 1 aromatic heterocycles. The Labute approximate surface area is 173 Å². The molecule has 0 spiro atoms. The van der Waals surface area contributed by atoms with Crippen LogP contribution in [0.25, 0.3) is 21.9 Å². The number of aromatic nitrogens is 1. The average molecular weight is 411 g/mol. The number of nitrogens with zero attached hydrogens (tertiary/aromatic N) is 1. The highest BCUT2D eigenvalue weighted by molar-refractivity contribution is 5.86. The highest BCUT2D eigenvalue weighted by Crippen LogP contribution is 2.33. The minimum absolute atomic E-state index is 0.533. The van der Waals surface area contributed by atoms with E-state index in [1.165, 1.54) is 0 Å². The topological polar surface area (TPSA) is 123 Å². The van der Waals surface area contributed by atoms with Crippen LogP contribution in [0.15, 0.2) is 54.9 Å². The minimum Gasteiger partial charge on any atom is -0.394 e. The molecule has 30 heavy (non-hydrogen) atoms. The first-order valence-electron chi connectivity index (χ1n) is 9.84. The Kier molecular flexibility index (Phi) is 5.84. The number of benzene rings is 2. The number of ether oxygens (including phenoxy) is 1. The lowest BCUT2D eigenvalue weighted by atomic mass is 9.87. The molecular weight excluding hydrogens is 386 g/mol. The normalized spacial score (nSPS) is 27.9. The standard InChI is InChI=1S/C23H25NO6/c1-12-8-14(15-3-2-13-6-7-24-10-16(13)9-15)4-5-17(12)19(26)23-22(29)21(28)20(27)18(11-25)30-23/h2-10,18-23,25-29H,11H2,1H3/t18?,19-,20-,21?,22?,23-/m1/s1. The van der Waals surface area contributed by atoms with Gasteiger partial charge in [-0.15, -0.1) is 0 Å². The van der Waals surface area contributed by atoms with Crippen molar-refractivity contribution in [1.82, 2.24) is 4.98 Å². The number of hydrogen-bond acceptors (Lipinski definition) is 7. The molecule has 4 rings (SSSR count). The number of aryl methyl sites for hydroxylation is 1. The molecular formula is C23H25NO6. The van der Waals surface area contributed by atoms with Gasteiger partial charge in [0, 0.05) is 17.8 Å². The fraction of sp³-hybridized carbons (Fsp3) is 0.348. The quantitative estimate of drug-likeness (QED) is 0.435. The van der Waals surface area contributed by atoms with Crippen LogP contribution in [-0.2, 0) is 4.74 Å². The molecule has 0 radical (unpaired) electrons. The largest absolute Gasteiger partial charge is 0.394 e. The van der Waals surface area contributed by atoms with Crippen LogP contribution in [0.5, 0.6) is 0 Å². The number of hydrogen-bond donors (Lipinski definition) is 5. The third kappa shape index (κ3) is 3.72. The summed E-state index contributed by atoms with van der Waals surface area (Å²) in [6.07, 6.45) is -4.41. The first-order valence-corrected chi connectivity index (χ1v) is 9.84. The summed E-state index contributed by atoms with van der Waals surface area (Å²) in [6.45, 7) is 1.30. The van der Waals surface area contributed by atoms with E-state index in [-0.39, 0.29) is 0 Å². The fourth-order valence-electron chi connectivity index (χ4n) is 4.02. The highest BCUT2D eigenvalue weighted by Gasteiger charge is 2.46. The smallest absolute Gasteiger partial charge is 0.117 e. The first kappa shape index (κ1) is 20.9. The second-order valence-electron chi connectivity index (χ2n) is 7.75. The molecule has 1 aliphatic rings. The van der Waals surface area contributed by atoms with Gasteiger partial charge in [0.1, 0.15) is 36.6 Å². The molecule has 1 aliphatic heterocycles. The summed E-state index contributed by atoms with van der Waals surface area (Å²) in [4.78, 5) is 4.16. The molecule has 6 atom stereocenters. The van der Waals surface area contributed by atoms with Crippen LogP contribution < -0.4 is 0 Å². The lowest BCUT2D eigenvalue weighted by molar-refractivity contribution is -0.250. The molecule has 3 aromatic rings. The SMILES string of the molecule is Cc1cc(-c2ccc3ccncc3c2)ccc1[C@@H](O)[C@H]1OC(CO)[C@@H](O)C(O)C1O. The van der Waals surface area contributed by atoms with Crippen LogP contribution in [0.4, 0.5) is 0 Å². The molecule has 0 saturated carbocycles. The van der Waals surface area contributed by atoms with Gasteiger partial charge in [0.25, 0.3) is 0 Å². The van der Waals surface area contributed by atoms with Gasteiger partial charge >= 0.3 is 0 Å². The Morgan fingerprint density at radius 1 is 0.933 bits per heavy atom. The molecule has 2 heterocycles. The molecule has 3 unspecified atom stereocenters. The van der Waals surface area contributed by atoms with E-state index in [9.17, 15) is 25.5 Å². The van der Waals surface area contributed by atoms with E-state index in [2.05, 4.69) is 4.98 Å². The minimum atomic E-state index is -1.53. The van der Waals surface area contributed by atoms with Crippen molar-refractivity contribution in [1.29, 1.82) is 0 Å². The lowest BCUT2D eigenvalue weighted by Crippen LogP contribution is -2.59. The molecule has 1 saturated heterocycles. The maximum atomic E-state index is 10.8. The third-order valence-corrected chi connectivity index (χ3v) is 5.80. The second-order valence-corrected chi connectivity index (χ2v) is 7.75. The zero-order chi connectivity index (χ0) is 21.4. The van der Waals surface area contributed by atoms with Crippen molar-refractivity contribution >= 4 is 10.8 Å². The Hall–Kier alpha value is -2.39. The van der Waals surface area contributed by atoms with Crippen LogP contribution >= 0.6 is 0 Å². The molecule has 0 aliphatic carbocycles. The number of fused-ring (bicyclic) bond motifs is 1. The van der Waals surface area contributed by atoms with Crippen LogP contribution in [0, 0.1) is 6.92 Å². The maximum absolute atomic E-state index is 10.8. The number of aliphatic hydroxyl groups excluding tert-OH is 5. The summed E-state index contributed by atoms with van der Waals surface area (Å²) in [5, 5.41) is 52.6. The predicted octanol–water partition coefficient (Wildman–Crippen LogP) is 1.09. The summed E-state index contributed by atoms with van der Waals surface area (Å²) in [5.41, 5.74) is 3.28. The van der Waals surface area contributed by atoms with Gasteiger partial charge in [0.15, 0.2) is 0 Å². The molecule has 7 nitrogen and oxygen atoms in total. The summed E-state index contributed by atoms with van der Waals surface area (Å²) in [5.74, 6) is 0. The van der Waals surface area contributed by atoms with Crippen LogP contribution in [0.3, 0.4) is 0 Å². The van der Waals surface area contributed by atoms with E-state index < -0.39 is 43.2 Å². The molecule has 5 N–H and O–H groups in total. The van der Waals surface area contributed by atoms with Gasteiger partial charge in [-0.05, 0) is 46.7 Å². The van der Waals surface area contributed by atoms with Gasteiger partial charge < -0.3 is 30.3 Å². The first-order chi connectivity index (χ1) is 14.4. The van der Waals surface area contributed by atoms with Gasteiger partial charge in [0.2, 0.25) is 0 Å². The van der Waals surface area contributed by atoms with Gasteiger partial charge in [-0.25, -0.2) is 0 Å². The van der Waals surface area contributed by atoms with Gasteiger partial charge in [-0.3, -0.25) is 4.98 Å². The Bertz CT molecular complexity index is 1040. The average Bonchev–Trinajstić information content (AvgIpc) is 2.77. The van der Waals surface area contributed by atoms with E-state index in [1.54, 1.807) is 12.3 Å². The van der Waals surface area contributed by atoms with Crippen molar-refractivity contribution < 1.29 is 30.3 Å². The van der Waals surface area contributed by atoms with Crippen molar-refractivity contribution in [3.8, 4) is 11.1 Å². The number of pyridine rings is 1. The van der Waals surface area contributed by atoms with Crippen molar-refractivity contribution in [2.75, 3.05) is 6.61 Å². The Balaban J connectivity index is 1.62. The summed E-state index contributed by atoms with van der Waals surface area (Å²) >= 11 is 0. The van der Waals surface area contributed by atoms with E-state index in [0.717, 1.165) is 27.5 Å².